The molecule has 1 fully saturated rings. The van der Waals surface area contributed by atoms with Gasteiger partial charge in [0.25, 0.3) is 0 Å². The van der Waals surface area contributed by atoms with Crippen LogP contribution in [0, 0.1) is 11.7 Å². The summed E-state index contributed by atoms with van der Waals surface area (Å²) in [6, 6.07) is 3.35. The highest BCUT2D eigenvalue weighted by molar-refractivity contribution is 5.95. The molecule has 3 nitrogen and oxygen atoms in total. The Balaban J connectivity index is 1.91. The number of ketones is 1. The second kappa shape index (κ2) is 7.64. The van der Waals surface area contributed by atoms with Crippen molar-refractivity contribution < 1.29 is 9.18 Å². The van der Waals surface area contributed by atoms with Gasteiger partial charge in [-0.1, -0.05) is 32.6 Å². The van der Waals surface area contributed by atoms with Crippen LogP contribution in [-0.2, 0) is 0 Å². The molecule has 1 aromatic rings. The van der Waals surface area contributed by atoms with Crippen LogP contribution in [0.15, 0.2) is 18.3 Å². The topological polar surface area (TPSA) is 33.2 Å². The summed E-state index contributed by atoms with van der Waals surface area (Å²) in [5.41, 5.74) is 0.359. The first kappa shape index (κ1) is 16.1. The maximum absolute atomic E-state index is 12.9. The molecule has 0 bridgehead atoms. The molecule has 0 aliphatic heterocycles. The van der Waals surface area contributed by atoms with E-state index in [9.17, 15) is 9.18 Å². The SMILES string of the molecule is CC(CN(C)C1CCCCCC1)C(=O)c1ccc(F)cn1. The van der Waals surface area contributed by atoms with Crippen LogP contribution >= 0.6 is 0 Å². The van der Waals surface area contributed by atoms with Gasteiger partial charge in [-0.2, -0.15) is 0 Å². The molecule has 0 aromatic carbocycles. The first-order valence-electron chi connectivity index (χ1n) is 7.94. The fourth-order valence-electron chi connectivity index (χ4n) is 3.14. The first-order valence-corrected chi connectivity index (χ1v) is 7.94. The Labute approximate surface area is 126 Å². The van der Waals surface area contributed by atoms with Crippen LogP contribution in [0.25, 0.3) is 0 Å². The van der Waals surface area contributed by atoms with Gasteiger partial charge < -0.3 is 4.90 Å². The number of carbonyl (C=O) groups excluding carboxylic acids is 1. The van der Waals surface area contributed by atoms with E-state index in [1.807, 2.05) is 6.92 Å². The van der Waals surface area contributed by atoms with Crippen LogP contribution in [0.2, 0.25) is 0 Å². The average Bonchev–Trinajstić information content (AvgIpc) is 2.76. The molecule has 21 heavy (non-hydrogen) atoms. The molecule has 4 heteroatoms. The van der Waals surface area contributed by atoms with Gasteiger partial charge in [0.2, 0.25) is 0 Å². The molecule has 0 N–H and O–H groups in total. The van der Waals surface area contributed by atoms with E-state index in [1.165, 1.54) is 50.7 Å². The van der Waals surface area contributed by atoms with Gasteiger partial charge in [-0.15, -0.1) is 0 Å². The second-order valence-electron chi connectivity index (χ2n) is 6.21. The summed E-state index contributed by atoms with van der Waals surface area (Å²) in [5.74, 6) is -0.526. The molecule has 1 aromatic heterocycles. The number of hydrogen-bond acceptors (Lipinski definition) is 3. The van der Waals surface area contributed by atoms with Gasteiger partial charge in [-0.3, -0.25) is 9.78 Å². The van der Waals surface area contributed by atoms with E-state index in [0.717, 1.165) is 12.7 Å². The van der Waals surface area contributed by atoms with Gasteiger partial charge in [-0.05, 0) is 32.0 Å². The molecule has 0 saturated heterocycles. The molecular weight excluding hydrogens is 267 g/mol. The Morgan fingerprint density at radius 3 is 2.57 bits per heavy atom. The molecule has 1 saturated carbocycles. The summed E-state index contributed by atoms with van der Waals surface area (Å²) in [6.45, 7) is 2.67. The molecule has 1 aliphatic carbocycles. The van der Waals surface area contributed by atoms with E-state index in [-0.39, 0.29) is 11.7 Å². The molecule has 1 heterocycles. The fraction of sp³-hybridized carbons (Fsp3) is 0.647. The van der Waals surface area contributed by atoms with Crippen molar-refractivity contribution >= 4 is 5.78 Å². The minimum Gasteiger partial charge on any atom is -0.303 e. The molecule has 1 atom stereocenters. The van der Waals surface area contributed by atoms with Gasteiger partial charge in [0.05, 0.1) is 6.20 Å². The third kappa shape index (κ3) is 4.60. The highest BCUT2D eigenvalue weighted by Crippen LogP contribution is 2.22. The predicted octanol–water partition coefficient (Wildman–Crippen LogP) is 3.69. The Morgan fingerprint density at radius 2 is 2.00 bits per heavy atom. The number of halogens is 1. The highest BCUT2D eigenvalue weighted by atomic mass is 19.1. The molecule has 116 valence electrons. The maximum Gasteiger partial charge on any atom is 0.185 e. The van der Waals surface area contributed by atoms with E-state index >= 15 is 0 Å². The smallest absolute Gasteiger partial charge is 0.185 e. The van der Waals surface area contributed by atoms with Crippen molar-refractivity contribution in [1.29, 1.82) is 0 Å². The van der Waals surface area contributed by atoms with Crippen molar-refractivity contribution in [3.63, 3.8) is 0 Å². The molecule has 0 spiro atoms. The molecular formula is C17H25FN2O. The Hall–Kier alpha value is -1.29. The number of rotatable bonds is 5. The van der Waals surface area contributed by atoms with E-state index in [2.05, 4.69) is 16.9 Å². The normalized spacial score (nSPS) is 18.5. The Kier molecular flexibility index (Phi) is 5.85. The van der Waals surface area contributed by atoms with Gasteiger partial charge >= 0.3 is 0 Å². The Bertz CT molecular complexity index is 452. The summed E-state index contributed by atoms with van der Waals surface area (Å²) < 4.78 is 12.9. The largest absolute Gasteiger partial charge is 0.303 e. The highest BCUT2D eigenvalue weighted by Gasteiger charge is 2.22. The van der Waals surface area contributed by atoms with Gasteiger partial charge in [0.15, 0.2) is 5.78 Å². The van der Waals surface area contributed by atoms with Crippen LogP contribution in [0.3, 0.4) is 0 Å². The predicted molar refractivity (Wildman–Crippen MR) is 81.8 cm³/mol. The zero-order valence-electron chi connectivity index (χ0n) is 13.0. The second-order valence-corrected chi connectivity index (χ2v) is 6.21. The lowest BCUT2D eigenvalue weighted by Crippen LogP contribution is -2.37. The van der Waals surface area contributed by atoms with E-state index < -0.39 is 5.82 Å². The van der Waals surface area contributed by atoms with E-state index in [0.29, 0.717) is 11.7 Å². The lowest BCUT2D eigenvalue weighted by molar-refractivity contribution is 0.0876. The quantitative estimate of drug-likeness (QED) is 0.613. The van der Waals surface area contributed by atoms with Gasteiger partial charge in [0, 0.05) is 18.5 Å². The third-order valence-corrected chi connectivity index (χ3v) is 4.44. The average molecular weight is 292 g/mol. The van der Waals surface area contributed by atoms with E-state index in [1.54, 1.807) is 0 Å². The minimum absolute atomic E-state index is 0.00419. The van der Waals surface area contributed by atoms with Crippen molar-refractivity contribution in [2.24, 2.45) is 5.92 Å². The number of carbonyl (C=O) groups is 1. The minimum atomic E-state index is -0.408. The lowest BCUT2D eigenvalue weighted by atomic mass is 10.0. The number of pyridine rings is 1. The van der Waals surface area contributed by atoms with Gasteiger partial charge in [0.1, 0.15) is 11.5 Å². The number of Topliss-reactive ketones (excluding diaryl/α,β-unsaturated/α-hetero) is 1. The monoisotopic (exact) mass is 292 g/mol. The van der Waals surface area contributed by atoms with Crippen LogP contribution in [0.1, 0.15) is 55.9 Å². The molecule has 1 unspecified atom stereocenters. The molecule has 0 amide bonds. The molecule has 2 rings (SSSR count). The number of hydrogen-bond donors (Lipinski definition) is 0. The third-order valence-electron chi connectivity index (χ3n) is 4.44. The standard InChI is InChI=1S/C17H25FN2O/c1-13(17(21)16-10-9-14(18)11-19-16)12-20(2)15-7-5-3-4-6-8-15/h9-11,13,15H,3-8,12H2,1-2H3. The summed E-state index contributed by atoms with van der Waals surface area (Å²) in [5, 5.41) is 0. The van der Waals surface area contributed by atoms with Crippen LogP contribution in [-0.4, -0.2) is 35.3 Å². The summed E-state index contributed by atoms with van der Waals surface area (Å²) in [7, 11) is 2.11. The zero-order valence-corrected chi connectivity index (χ0v) is 13.0. The van der Waals surface area contributed by atoms with Gasteiger partial charge in [-0.25, -0.2) is 4.39 Å². The summed E-state index contributed by atoms with van der Waals surface area (Å²) in [4.78, 5) is 18.5. The zero-order chi connectivity index (χ0) is 15.2. The first-order chi connectivity index (χ1) is 10.1. The number of aromatic nitrogens is 1. The van der Waals surface area contributed by atoms with Crippen molar-refractivity contribution in [3.05, 3.63) is 29.8 Å². The van der Waals surface area contributed by atoms with Crippen molar-refractivity contribution in [2.45, 2.75) is 51.5 Å². The van der Waals surface area contributed by atoms with Crippen molar-refractivity contribution in [3.8, 4) is 0 Å². The van der Waals surface area contributed by atoms with Crippen LogP contribution in [0.5, 0.6) is 0 Å². The lowest BCUT2D eigenvalue weighted by Gasteiger charge is -2.29. The van der Waals surface area contributed by atoms with E-state index in [4.69, 9.17) is 0 Å². The summed E-state index contributed by atoms with van der Waals surface area (Å²) >= 11 is 0. The van der Waals surface area contributed by atoms with Crippen molar-refractivity contribution in [1.82, 2.24) is 9.88 Å². The Morgan fingerprint density at radius 1 is 1.33 bits per heavy atom. The van der Waals surface area contributed by atoms with Crippen LogP contribution < -0.4 is 0 Å². The fourth-order valence-corrected chi connectivity index (χ4v) is 3.14. The van der Waals surface area contributed by atoms with Crippen LogP contribution in [0.4, 0.5) is 4.39 Å². The number of nitrogens with zero attached hydrogens (tertiary/aromatic N) is 2. The summed E-state index contributed by atoms with van der Waals surface area (Å²) in [6.07, 6.45) is 8.80. The maximum atomic E-state index is 12.9. The molecule has 1 aliphatic rings. The van der Waals surface area contributed by atoms with Crippen molar-refractivity contribution in [2.75, 3.05) is 13.6 Å². The molecule has 0 radical (unpaired) electrons.